The molecule has 1 aliphatic heterocycles. The molecular formula is C19H21NO3S. The van der Waals surface area contributed by atoms with Crippen LogP contribution < -0.4 is 0 Å². The van der Waals surface area contributed by atoms with Crippen LogP contribution in [0.1, 0.15) is 18.9 Å². The molecule has 2 aromatic rings. The zero-order valence-corrected chi connectivity index (χ0v) is 14.4. The third kappa shape index (κ3) is 4.60. The van der Waals surface area contributed by atoms with Crippen molar-refractivity contribution in [3.63, 3.8) is 0 Å². The summed E-state index contributed by atoms with van der Waals surface area (Å²) in [7, 11) is 0. The van der Waals surface area contributed by atoms with Gasteiger partial charge in [-0.25, -0.2) is 0 Å². The number of ether oxygens (including phenoxy) is 1. The maximum absolute atomic E-state index is 10.3. The number of oxime groups is 1. The molecule has 0 spiro atoms. The Morgan fingerprint density at radius 1 is 1.12 bits per heavy atom. The van der Waals surface area contributed by atoms with Crippen molar-refractivity contribution in [1.82, 2.24) is 0 Å². The Kier molecular flexibility index (Phi) is 5.91. The molecule has 0 bridgehead atoms. The molecule has 3 rings (SSSR count). The summed E-state index contributed by atoms with van der Waals surface area (Å²) in [5.41, 5.74) is 1.61. The Hall–Kier alpha value is -1.82. The van der Waals surface area contributed by atoms with Gasteiger partial charge >= 0.3 is 0 Å². The van der Waals surface area contributed by atoms with E-state index in [-0.39, 0.29) is 11.5 Å². The van der Waals surface area contributed by atoms with Crippen LogP contribution in [0.4, 0.5) is 0 Å². The molecule has 5 heteroatoms. The molecule has 2 aromatic carbocycles. The predicted molar refractivity (Wildman–Crippen MR) is 95.9 cm³/mol. The van der Waals surface area contributed by atoms with Crippen LogP contribution in [-0.2, 0) is 16.2 Å². The van der Waals surface area contributed by atoms with E-state index in [0.29, 0.717) is 18.7 Å². The van der Waals surface area contributed by atoms with E-state index in [0.717, 1.165) is 10.5 Å². The zero-order valence-electron chi connectivity index (χ0n) is 13.5. The Bertz CT molecular complexity index is 663. The van der Waals surface area contributed by atoms with Crippen molar-refractivity contribution in [2.75, 3.05) is 0 Å². The lowest BCUT2D eigenvalue weighted by atomic mass is 10.0. The molecule has 0 radical (unpaired) electrons. The monoisotopic (exact) mass is 343 g/mol. The smallest absolute Gasteiger partial charge is 0.142 e. The Labute approximate surface area is 146 Å². The average Bonchev–Trinajstić information content (AvgIpc) is 2.61. The molecule has 3 atom stereocenters. The van der Waals surface area contributed by atoms with E-state index < -0.39 is 6.10 Å². The highest BCUT2D eigenvalue weighted by atomic mass is 32.2. The van der Waals surface area contributed by atoms with Gasteiger partial charge in [0.2, 0.25) is 0 Å². The van der Waals surface area contributed by atoms with Crippen LogP contribution in [0.25, 0.3) is 0 Å². The van der Waals surface area contributed by atoms with Crippen LogP contribution in [0, 0.1) is 0 Å². The molecule has 1 saturated heterocycles. The fraction of sp³-hybridized carbons (Fsp3) is 0.316. The molecule has 0 amide bonds. The van der Waals surface area contributed by atoms with Crippen molar-refractivity contribution < 1.29 is 14.7 Å². The minimum absolute atomic E-state index is 0.0788. The highest BCUT2D eigenvalue weighted by Crippen LogP contribution is 2.31. The van der Waals surface area contributed by atoms with Crippen LogP contribution in [0.15, 0.2) is 70.7 Å². The Balaban J connectivity index is 1.61. The highest BCUT2D eigenvalue weighted by molar-refractivity contribution is 7.99. The number of aliphatic hydroxyl groups excluding tert-OH is 1. The first-order valence-electron chi connectivity index (χ1n) is 8.00. The normalized spacial score (nSPS) is 25.6. The lowest BCUT2D eigenvalue weighted by Gasteiger charge is -2.32. The van der Waals surface area contributed by atoms with Crippen LogP contribution in [0.2, 0.25) is 0 Å². The van der Waals surface area contributed by atoms with E-state index in [1.807, 2.05) is 67.6 Å². The third-order valence-electron chi connectivity index (χ3n) is 3.79. The van der Waals surface area contributed by atoms with Crippen molar-refractivity contribution in [3.8, 4) is 0 Å². The number of hydrogen-bond donors (Lipinski definition) is 1. The summed E-state index contributed by atoms with van der Waals surface area (Å²) < 4.78 is 5.87. The fourth-order valence-electron chi connectivity index (χ4n) is 2.50. The molecule has 0 unspecified atom stereocenters. The van der Waals surface area contributed by atoms with E-state index in [2.05, 4.69) is 5.16 Å². The summed E-state index contributed by atoms with van der Waals surface area (Å²) in [5, 5.41) is 14.4. The molecule has 0 saturated carbocycles. The first kappa shape index (κ1) is 17.0. The van der Waals surface area contributed by atoms with Crippen molar-refractivity contribution in [2.24, 2.45) is 5.16 Å². The van der Waals surface area contributed by atoms with Crippen LogP contribution in [-0.4, -0.2) is 28.5 Å². The number of thioether (sulfide) groups is 1. The second kappa shape index (κ2) is 8.33. The lowest BCUT2D eigenvalue weighted by Crippen LogP contribution is -2.43. The second-order valence-corrected chi connectivity index (χ2v) is 6.93. The summed E-state index contributed by atoms with van der Waals surface area (Å²) in [4.78, 5) is 6.57. The van der Waals surface area contributed by atoms with Gasteiger partial charge in [-0.2, -0.15) is 0 Å². The number of nitrogens with zero attached hydrogens (tertiary/aromatic N) is 1. The van der Waals surface area contributed by atoms with Crippen LogP contribution in [0.5, 0.6) is 0 Å². The molecule has 1 N–H and O–H groups in total. The van der Waals surface area contributed by atoms with Gasteiger partial charge in [0.15, 0.2) is 0 Å². The van der Waals surface area contributed by atoms with E-state index in [4.69, 9.17) is 9.57 Å². The van der Waals surface area contributed by atoms with Crippen molar-refractivity contribution in [3.05, 3.63) is 66.2 Å². The van der Waals surface area contributed by atoms with E-state index in [1.165, 1.54) is 0 Å². The third-order valence-corrected chi connectivity index (χ3v) is 4.88. The van der Waals surface area contributed by atoms with Gasteiger partial charge in [0.1, 0.15) is 18.1 Å². The zero-order chi connectivity index (χ0) is 16.8. The second-order valence-electron chi connectivity index (χ2n) is 5.69. The SMILES string of the molecule is C[C@@H]1O[C@H](Sc2ccccc2)C/C(=N/OCc2ccccc2)[C@H]1O. The van der Waals surface area contributed by atoms with Crippen molar-refractivity contribution >= 4 is 17.5 Å². The minimum Gasteiger partial charge on any atom is -0.391 e. The number of hydrogen-bond acceptors (Lipinski definition) is 5. The van der Waals surface area contributed by atoms with Gasteiger partial charge in [-0.3, -0.25) is 0 Å². The van der Waals surface area contributed by atoms with Gasteiger partial charge in [-0.05, 0) is 24.6 Å². The van der Waals surface area contributed by atoms with Crippen molar-refractivity contribution in [1.29, 1.82) is 0 Å². The van der Waals surface area contributed by atoms with E-state index >= 15 is 0 Å². The summed E-state index contributed by atoms with van der Waals surface area (Å²) >= 11 is 1.63. The summed E-state index contributed by atoms with van der Waals surface area (Å²) in [6, 6.07) is 19.9. The number of benzene rings is 2. The fourth-order valence-corrected chi connectivity index (χ4v) is 3.60. The first-order valence-corrected chi connectivity index (χ1v) is 8.88. The average molecular weight is 343 g/mol. The van der Waals surface area contributed by atoms with E-state index in [9.17, 15) is 5.11 Å². The quantitative estimate of drug-likeness (QED) is 0.838. The number of rotatable bonds is 5. The van der Waals surface area contributed by atoms with Gasteiger partial charge in [-0.15, -0.1) is 0 Å². The molecular weight excluding hydrogens is 322 g/mol. The first-order chi connectivity index (χ1) is 11.7. The largest absolute Gasteiger partial charge is 0.391 e. The Morgan fingerprint density at radius 3 is 2.50 bits per heavy atom. The molecule has 1 aliphatic rings. The van der Waals surface area contributed by atoms with Gasteiger partial charge in [0, 0.05) is 11.3 Å². The maximum atomic E-state index is 10.3. The lowest BCUT2D eigenvalue weighted by molar-refractivity contribution is -0.0296. The summed E-state index contributed by atoms with van der Waals surface area (Å²) in [6.45, 7) is 2.25. The molecule has 1 heterocycles. The molecule has 4 nitrogen and oxygen atoms in total. The maximum Gasteiger partial charge on any atom is 0.142 e. The molecule has 126 valence electrons. The Morgan fingerprint density at radius 2 is 1.79 bits per heavy atom. The van der Waals surface area contributed by atoms with Gasteiger partial charge < -0.3 is 14.7 Å². The van der Waals surface area contributed by atoms with Gasteiger partial charge in [-0.1, -0.05) is 65.4 Å². The standard InChI is InChI=1S/C19H21NO3S/c1-14-19(21)17(20-22-13-15-8-4-2-5-9-15)12-18(23-14)24-16-10-6-3-7-11-16/h2-11,14,18-19,21H,12-13H2,1H3/b20-17-/t14-,18+,19-/m0/s1. The highest BCUT2D eigenvalue weighted by Gasteiger charge is 2.33. The summed E-state index contributed by atoms with van der Waals surface area (Å²) in [5.74, 6) is 0. The number of aliphatic hydroxyl groups is 1. The molecule has 0 aromatic heterocycles. The topological polar surface area (TPSA) is 51.0 Å². The van der Waals surface area contributed by atoms with E-state index in [1.54, 1.807) is 11.8 Å². The predicted octanol–water partition coefficient (Wildman–Crippen LogP) is 3.85. The summed E-state index contributed by atoms with van der Waals surface area (Å²) in [6.07, 6.45) is -0.493. The molecule has 1 fully saturated rings. The van der Waals surface area contributed by atoms with Crippen molar-refractivity contribution in [2.45, 2.75) is 42.5 Å². The van der Waals surface area contributed by atoms with Crippen LogP contribution in [0.3, 0.4) is 0 Å². The van der Waals surface area contributed by atoms with Crippen LogP contribution >= 0.6 is 11.8 Å². The minimum atomic E-state index is -0.728. The van der Waals surface area contributed by atoms with Gasteiger partial charge in [0.25, 0.3) is 0 Å². The molecule has 24 heavy (non-hydrogen) atoms. The van der Waals surface area contributed by atoms with Gasteiger partial charge in [0.05, 0.1) is 11.8 Å². The molecule has 0 aliphatic carbocycles.